The molecule has 174 valence electrons. The molecule has 1 amide bonds. The highest BCUT2D eigenvalue weighted by Crippen LogP contribution is 2.33. The zero-order valence-corrected chi connectivity index (χ0v) is 18.4. The van der Waals surface area contributed by atoms with Gasteiger partial charge in [0.05, 0.1) is 17.6 Å². The van der Waals surface area contributed by atoms with Gasteiger partial charge < -0.3 is 18.9 Å². The predicted octanol–water partition coefficient (Wildman–Crippen LogP) is 2.26. The van der Waals surface area contributed by atoms with Crippen LogP contribution in [-0.4, -0.2) is 70.4 Å². The van der Waals surface area contributed by atoms with Crippen LogP contribution < -0.4 is 0 Å². The molecule has 2 fully saturated rings. The van der Waals surface area contributed by atoms with Gasteiger partial charge in [0.25, 0.3) is 5.69 Å². The van der Waals surface area contributed by atoms with Crippen molar-refractivity contribution in [2.75, 3.05) is 19.8 Å². The van der Waals surface area contributed by atoms with E-state index in [1.807, 2.05) is 0 Å². The van der Waals surface area contributed by atoms with Gasteiger partial charge in [0, 0.05) is 37.8 Å². The third kappa shape index (κ3) is 6.40. The lowest BCUT2D eigenvalue weighted by Crippen LogP contribution is -2.43. The van der Waals surface area contributed by atoms with Crippen LogP contribution in [-0.2, 0) is 35.1 Å². The number of hydrogen-bond acceptors (Lipinski definition) is 10. The number of hydrogen-bond donors (Lipinski definition) is 0. The number of nitro benzene ring substituents is 1. The van der Waals surface area contributed by atoms with E-state index in [2.05, 4.69) is 0 Å². The molecular weight excluding hydrogens is 444 g/mol. The smallest absolute Gasteiger partial charge is 0.410 e. The number of likely N-dealkylation sites (tertiary alicyclic amines) is 1. The van der Waals surface area contributed by atoms with E-state index >= 15 is 0 Å². The Balaban J connectivity index is 1.61. The van der Waals surface area contributed by atoms with E-state index in [0.717, 1.165) is 11.8 Å². The second-order valence-electron chi connectivity index (χ2n) is 7.43. The van der Waals surface area contributed by atoms with E-state index in [-0.39, 0.29) is 42.4 Å². The fraction of sp³-hybridized carbons (Fsp3) is 0.550. The fourth-order valence-electron chi connectivity index (χ4n) is 3.53. The molecule has 11 nitrogen and oxygen atoms in total. The molecule has 0 bridgehead atoms. The Morgan fingerprint density at radius 1 is 1.22 bits per heavy atom. The number of nitro groups is 1. The van der Waals surface area contributed by atoms with Crippen LogP contribution >= 0.6 is 11.8 Å². The Labute approximate surface area is 188 Å². The number of non-ortho nitro benzene ring substituents is 1. The maximum Gasteiger partial charge on any atom is 0.410 e. The Morgan fingerprint density at radius 2 is 1.94 bits per heavy atom. The van der Waals surface area contributed by atoms with E-state index in [0.29, 0.717) is 12.0 Å². The topological polar surface area (TPSA) is 135 Å². The van der Waals surface area contributed by atoms with Crippen LogP contribution in [0.1, 0.15) is 25.8 Å². The number of carbonyl (C=O) groups is 3. The average Bonchev–Trinajstić information content (AvgIpc) is 3.37. The lowest BCUT2D eigenvalue weighted by Gasteiger charge is -2.27. The molecule has 2 heterocycles. The van der Waals surface area contributed by atoms with E-state index in [1.54, 1.807) is 0 Å². The van der Waals surface area contributed by atoms with Gasteiger partial charge in [-0.25, -0.2) is 4.79 Å². The molecule has 2 aliphatic heterocycles. The number of benzene rings is 1. The molecule has 0 spiro atoms. The van der Waals surface area contributed by atoms with E-state index in [4.69, 9.17) is 18.9 Å². The summed E-state index contributed by atoms with van der Waals surface area (Å²) in [4.78, 5) is 47.1. The summed E-state index contributed by atoms with van der Waals surface area (Å²) in [5.74, 6) is -0.424. The Bertz CT molecular complexity index is 863. The number of amides is 1. The largest absolute Gasteiger partial charge is 0.463 e. The number of nitrogens with zero attached hydrogens (tertiary/aromatic N) is 2. The van der Waals surface area contributed by atoms with E-state index < -0.39 is 35.4 Å². The number of ether oxygens (including phenoxy) is 4. The van der Waals surface area contributed by atoms with Crippen molar-refractivity contribution in [1.82, 2.24) is 4.90 Å². The first-order valence-electron chi connectivity index (χ1n) is 9.97. The summed E-state index contributed by atoms with van der Waals surface area (Å²) in [6, 6.07) is 5.24. The van der Waals surface area contributed by atoms with Crippen molar-refractivity contribution in [3.63, 3.8) is 0 Å². The number of esters is 1. The summed E-state index contributed by atoms with van der Waals surface area (Å²) in [5.41, 5.74) is 0.548. The standard InChI is InChI=1S/C20H24N2O9S/c1-12(23)28-10-16-11-29-19(31-16)18-7-17(32-13(2)24)8-21(18)20(25)30-9-14-3-5-15(6-4-14)22(26)27/h3-6,16-19H,7-11H2,1-2H3/t16?,17-,18-,19?/m0/s1. The molecule has 1 aromatic rings. The van der Waals surface area contributed by atoms with E-state index in [9.17, 15) is 24.5 Å². The monoisotopic (exact) mass is 468 g/mol. The van der Waals surface area contributed by atoms with Crippen molar-refractivity contribution in [3.8, 4) is 0 Å². The molecule has 0 N–H and O–H groups in total. The fourth-order valence-corrected chi connectivity index (χ4v) is 4.52. The molecule has 3 rings (SSSR count). The van der Waals surface area contributed by atoms with Crippen molar-refractivity contribution in [3.05, 3.63) is 39.9 Å². The zero-order chi connectivity index (χ0) is 23.3. The van der Waals surface area contributed by atoms with Crippen LogP contribution in [0.15, 0.2) is 24.3 Å². The van der Waals surface area contributed by atoms with Gasteiger partial charge in [-0.3, -0.25) is 24.6 Å². The molecule has 12 heteroatoms. The second kappa shape index (κ2) is 10.7. The minimum absolute atomic E-state index is 0.0504. The highest BCUT2D eigenvalue weighted by Gasteiger charge is 2.45. The van der Waals surface area contributed by atoms with Crippen LogP contribution in [0, 0.1) is 10.1 Å². The molecule has 0 aliphatic carbocycles. The molecule has 2 aliphatic rings. The summed E-state index contributed by atoms with van der Waals surface area (Å²) in [5, 5.41) is 10.6. The van der Waals surface area contributed by atoms with Gasteiger partial charge in [-0.1, -0.05) is 11.8 Å². The van der Waals surface area contributed by atoms with Gasteiger partial charge in [0.1, 0.15) is 19.3 Å². The number of rotatable bonds is 7. The Morgan fingerprint density at radius 3 is 2.56 bits per heavy atom. The molecule has 4 atom stereocenters. The Kier molecular flexibility index (Phi) is 8.04. The second-order valence-corrected chi connectivity index (χ2v) is 8.90. The lowest BCUT2D eigenvalue weighted by molar-refractivity contribution is -0.384. The Hall–Kier alpha value is -2.70. The van der Waals surface area contributed by atoms with Gasteiger partial charge >= 0.3 is 12.1 Å². The van der Waals surface area contributed by atoms with Crippen molar-refractivity contribution in [1.29, 1.82) is 0 Å². The minimum atomic E-state index is -0.736. The molecular formula is C20H24N2O9S. The zero-order valence-electron chi connectivity index (χ0n) is 17.6. The van der Waals surface area contributed by atoms with Gasteiger partial charge in [0.15, 0.2) is 11.4 Å². The van der Waals surface area contributed by atoms with Crippen LogP contribution in [0.3, 0.4) is 0 Å². The average molecular weight is 468 g/mol. The van der Waals surface area contributed by atoms with Crippen molar-refractivity contribution >= 4 is 34.6 Å². The quantitative estimate of drug-likeness (QED) is 0.333. The van der Waals surface area contributed by atoms with Crippen LogP contribution in [0.5, 0.6) is 0 Å². The van der Waals surface area contributed by atoms with Crippen molar-refractivity contribution < 1.29 is 38.3 Å². The first kappa shape index (κ1) is 24.0. The molecule has 2 saturated heterocycles. The maximum absolute atomic E-state index is 12.8. The van der Waals surface area contributed by atoms with Gasteiger partial charge in [0.2, 0.25) is 0 Å². The predicted molar refractivity (Wildman–Crippen MR) is 112 cm³/mol. The molecule has 0 aromatic heterocycles. The van der Waals surface area contributed by atoms with Gasteiger partial charge in [-0.05, 0) is 24.1 Å². The summed E-state index contributed by atoms with van der Waals surface area (Å²) in [6.45, 7) is 3.25. The van der Waals surface area contributed by atoms with Gasteiger partial charge in [-0.15, -0.1) is 0 Å². The van der Waals surface area contributed by atoms with Crippen LogP contribution in [0.2, 0.25) is 0 Å². The molecule has 2 unspecified atom stereocenters. The molecule has 32 heavy (non-hydrogen) atoms. The first-order chi connectivity index (χ1) is 15.2. The normalized spacial score (nSPS) is 24.9. The third-order valence-corrected chi connectivity index (χ3v) is 5.95. The summed E-state index contributed by atoms with van der Waals surface area (Å²) < 4.78 is 21.9. The van der Waals surface area contributed by atoms with Crippen LogP contribution in [0.25, 0.3) is 0 Å². The van der Waals surface area contributed by atoms with Crippen molar-refractivity contribution in [2.24, 2.45) is 0 Å². The summed E-state index contributed by atoms with van der Waals surface area (Å²) in [7, 11) is 0. The summed E-state index contributed by atoms with van der Waals surface area (Å²) >= 11 is 1.15. The highest BCUT2D eigenvalue weighted by atomic mass is 32.2. The molecule has 0 saturated carbocycles. The van der Waals surface area contributed by atoms with E-state index in [1.165, 1.54) is 43.0 Å². The number of thioether (sulfide) groups is 1. The first-order valence-corrected chi connectivity index (χ1v) is 10.8. The molecule has 0 radical (unpaired) electrons. The maximum atomic E-state index is 12.8. The van der Waals surface area contributed by atoms with Crippen molar-refractivity contribution in [2.45, 2.75) is 50.6 Å². The number of carbonyl (C=O) groups excluding carboxylic acids is 3. The summed E-state index contributed by atoms with van der Waals surface area (Å²) in [6.07, 6.45) is -1.31. The lowest BCUT2D eigenvalue weighted by atomic mass is 10.2. The molecule has 1 aromatic carbocycles. The van der Waals surface area contributed by atoms with Gasteiger partial charge in [-0.2, -0.15) is 0 Å². The SMILES string of the molecule is CC(=O)OCC1COC([C@@H]2C[C@H](SC(C)=O)CN2C(=O)OCc2ccc([N+](=O)[O-])cc2)O1. The van der Waals surface area contributed by atoms with Crippen LogP contribution in [0.4, 0.5) is 10.5 Å². The minimum Gasteiger partial charge on any atom is -0.463 e. The highest BCUT2D eigenvalue weighted by molar-refractivity contribution is 8.14. The third-order valence-electron chi connectivity index (χ3n) is 4.94.